The molecule has 0 atom stereocenters. The van der Waals surface area contributed by atoms with Crippen LogP contribution in [-0.4, -0.2) is 33.2 Å². The van der Waals surface area contributed by atoms with Gasteiger partial charge in [-0.15, -0.1) is 0 Å². The summed E-state index contributed by atoms with van der Waals surface area (Å²) in [4.78, 5) is 0.150. The van der Waals surface area contributed by atoms with Crippen molar-refractivity contribution in [2.75, 3.05) is 14.2 Å². The smallest absolute Gasteiger partial charge is 0.197 e. The van der Waals surface area contributed by atoms with Gasteiger partial charge in [0, 0.05) is 27.1 Å². The molecule has 1 aliphatic carbocycles. The van der Waals surface area contributed by atoms with Crippen molar-refractivity contribution in [2.24, 2.45) is 0 Å². The summed E-state index contributed by atoms with van der Waals surface area (Å²) in [5, 5.41) is 9.32. The van der Waals surface area contributed by atoms with Crippen LogP contribution in [0.2, 0.25) is 0 Å². The molecule has 1 fully saturated rings. The number of nitrogens with zero attached hydrogens (tertiary/aromatic N) is 1. The zero-order chi connectivity index (χ0) is 14.1. The molecule has 0 N–H and O–H groups in total. The molecule has 0 spiro atoms. The largest absolute Gasteiger partial charge is 0.353 e. The fraction of sp³-hybridized carbons (Fsp3) is 0.462. The molecule has 1 aromatic carbocycles. The molecule has 0 radical (unpaired) electrons. The van der Waals surface area contributed by atoms with Gasteiger partial charge in [0.2, 0.25) is 0 Å². The normalized spacial score (nSPS) is 20.3. The SMILES string of the molecule is COC1(OC)CC(C#N)(S(=O)(=O)c2ccccc2)C1. The summed E-state index contributed by atoms with van der Waals surface area (Å²) >= 11 is 0. The molecule has 0 unspecified atom stereocenters. The Morgan fingerprint density at radius 3 is 2.11 bits per heavy atom. The molecule has 0 amide bonds. The first-order chi connectivity index (χ1) is 8.95. The Bertz CT molecular complexity index is 591. The fourth-order valence-corrected chi connectivity index (χ4v) is 4.25. The lowest BCUT2D eigenvalue weighted by Gasteiger charge is -2.49. The highest BCUT2D eigenvalue weighted by atomic mass is 32.2. The van der Waals surface area contributed by atoms with Gasteiger partial charge in [0.25, 0.3) is 0 Å². The molecule has 2 rings (SSSR count). The predicted octanol–water partition coefficient (Wildman–Crippen LogP) is 1.51. The number of hydrogen-bond acceptors (Lipinski definition) is 5. The lowest BCUT2D eigenvalue weighted by molar-refractivity contribution is -0.256. The van der Waals surface area contributed by atoms with E-state index >= 15 is 0 Å². The zero-order valence-corrected chi connectivity index (χ0v) is 11.6. The van der Waals surface area contributed by atoms with Crippen molar-refractivity contribution in [2.45, 2.75) is 28.3 Å². The van der Waals surface area contributed by atoms with Crippen molar-refractivity contribution in [3.05, 3.63) is 30.3 Å². The van der Waals surface area contributed by atoms with E-state index in [0.29, 0.717) is 0 Å². The minimum Gasteiger partial charge on any atom is -0.353 e. The zero-order valence-electron chi connectivity index (χ0n) is 10.8. The molecule has 19 heavy (non-hydrogen) atoms. The van der Waals surface area contributed by atoms with E-state index in [9.17, 15) is 13.7 Å². The van der Waals surface area contributed by atoms with E-state index in [1.807, 2.05) is 6.07 Å². The van der Waals surface area contributed by atoms with Crippen LogP contribution in [-0.2, 0) is 19.3 Å². The van der Waals surface area contributed by atoms with Crippen LogP contribution in [0.4, 0.5) is 0 Å². The van der Waals surface area contributed by atoms with Gasteiger partial charge in [0.05, 0.1) is 11.0 Å². The maximum Gasteiger partial charge on any atom is 0.197 e. The first-order valence-corrected chi connectivity index (χ1v) is 7.25. The number of rotatable bonds is 4. The van der Waals surface area contributed by atoms with Gasteiger partial charge in [0.1, 0.15) is 0 Å². The average Bonchev–Trinajstić information content (AvgIpc) is 2.40. The highest BCUT2D eigenvalue weighted by Gasteiger charge is 2.64. The van der Waals surface area contributed by atoms with Crippen molar-refractivity contribution in [1.29, 1.82) is 5.26 Å². The highest BCUT2D eigenvalue weighted by Crippen LogP contribution is 2.50. The van der Waals surface area contributed by atoms with Gasteiger partial charge in [-0.05, 0) is 12.1 Å². The molecule has 0 bridgehead atoms. The van der Waals surface area contributed by atoms with Gasteiger partial charge < -0.3 is 9.47 Å². The minimum atomic E-state index is -3.73. The second-order valence-corrected chi connectivity index (χ2v) is 6.85. The Hall–Kier alpha value is -1.42. The van der Waals surface area contributed by atoms with Gasteiger partial charge in [-0.2, -0.15) is 5.26 Å². The minimum absolute atomic E-state index is 0.0146. The van der Waals surface area contributed by atoms with Gasteiger partial charge in [-0.1, -0.05) is 18.2 Å². The van der Waals surface area contributed by atoms with Crippen LogP contribution < -0.4 is 0 Å². The standard InChI is InChI=1S/C13H15NO4S/c1-17-13(18-2)8-12(9-13,10-14)19(15,16)11-6-4-3-5-7-11/h3-7H,8-9H2,1-2H3. The summed E-state index contributed by atoms with van der Waals surface area (Å²) in [5.41, 5.74) is 0. The van der Waals surface area contributed by atoms with E-state index in [4.69, 9.17) is 9.47 Å². The Balaban J connectivity index is 2.39. The first-order valence-electron chi connectivity index (χ1n) is 5.76. The number of methoxy groups -OCH3 is 2. The molecule has 1 saturated carbocycles. The van der Waals surface area contributed by atoms with Crippen molar-refractivity contribution in [3.63, 3.8) is 0 Å². The van der Waals surface area contributed by atoms with Crippen LogP contribution in [0, 0.1) is 11.3 Å². The van der Waals surface area contributed by atoms with Gasteiger partial charge in [0.15, 0.2) is 20.4 Å². The molecule has 0 heterocycles. The number of nitriles is 1. The quantitative estimate of drug-likeness (QED) is 0.782. The summed E-state index contributed by atoms with van der Waals surface area (Å²) < 4.78 is 34.0. The van der Waals surface area contributed by atoms with E-state index in [0.717, 1.165) is 0 Å². The summed E-state index contributed by atoms with van der Waals surface area (Å²) in [6.07, 6.45) is 0.0292. The summed E-state index contributed by atoms with van der Waals surface area (Å²) in [6, 6.07) is 9.92. The number of benzene rings is 1. The number of sulfone groups is 1. The molecule has 1 aliphatic rings. The molecule has 0 aromatic heterocycles. The first kappa shape index (κ1) is 14.0. The Morgan fingerprint density at radius 1 is 1.16 bits per heavy atom. The molecule has 6 heteroatoms. The average molecular weight is 281 g/mol. The van der Waals surface area contributed by atoms with Crippen LogP contribution >= 0.6 is 0 Å². The summed E-state index contributed by atoms with van der Waals surface area (Å²) in [5.74, 6) is -0.975. The lowest BCUT2D eigenvalue weighted by Crippen LogP contribution is -2.61. The maximum atomic E-state index is 12.6. The third-order valence-corrected chi connectivity index (χ3v) is 5.93. The number of ether oxygens (including phenoxy) is 2. The molecule has 0 aliphatic heterocycles. The number of hydrogen-bond donors (Lipinski definition) is 0. The van der Waals surface area contributed by atoms with Crippen LogP contribution in [0.15, 0.2) is 35.2 Å². The highest BCUT2D eigenvalue weighted by molar-refractivity contribution is 7.93. The topological polar surface area (TPSA) is 76.4 Å². The van der Waals surface area contributed by atoms with Crippen LogP contribution in [0.25, 0.3) is 0 Å². The van der Waals surface area contributed by atoms with Gasteiger partial charge in [-0.25, -0.2) is 8.42 Å². The second kappa shape index (κ2) is 4.60. The Kier molecular flexibility index (Phi) is 3.39. The lowest BCUT2D eigenvalue weighted by atomic mass is 9.78. The van der Waals surface area contributed by atoms with E-state index in [2.05, 4.69) is 0 Å². The predicted molar refractivity (Wildman–Crippen MR) is 68.0 cm³/mol. The Morgan fingerprint density at radius 2 is 1.68 bits per heavy atom. The van der Waals surface area contributed by atoms with Gasteiger partial charge in [-0.3, -0.25) is 0 Å². The monoisotopic (exact) mass is 281 g/mol. The maximum absolute atomic E-state index is 12.6. The van der Waals surface area contributed by atoms with E-state index < -0.39 is 20.4 Å². The summed E-state index contributed by atoms with van der Waals surface area (Å²) in [7, 11) is -0.838. The van der Waals surface area contributed by atoms with Crippen molar-refractivity contribution >= 4 is 9.84 Å². The van der Waals surface area contributed by atoms with Crippen molar-refractivity contribution in [3.8, 4) is 6.07 Å². The molecule has 0 saturated heterocycles. The molecule has 1 aromatic rings. The third-order valence-electron chi connectivity index (χ3n) is 3.63. The van der Waals surface area contributed by atoms with Crippen LogP contribution in [0.3, 0.4) is 0 Å². The molecular weight excluding hydrogens is 266 g/mol. The molecule has 102 valence electrons. The third kappa shape index (κ3) is 1.94. The van der Waals surface area contributed by atoms with E-state index in [1.54, 1.807) is 18.2 Å². The van der Waals surface area contributed by atoms with Crippen molar-refractivity contribution in [1.82, 2.24) is 0 Å². The van der Waals surface area contributed by atoms with Crippen molar-refractivity contribution < 1.29 is 17.9 Å². The molecule has 5 nitrogen and oxygen atoms in total. The fourth-order valence-electron chi connectivity index (χ4n) is 2.34. The summed E-state index contributed by atoms with van der Waals surface area (Å²) in [6.45, 7) is 0. The van der Waals surface area contributed by atoms with E-state index in [-0.39, 0.29) is 17.7 Å². The van der Waals surface area contributed by atoms with Gasteiger partial charge >= 0.3 is 0 Å². The van der Waals surface area contributed by atoms with Crippen LogP contribution in [0.5, 0.6) is 0 Å². The van der Waals surface area contributed by atoms with E-state index in [1.165, 1.54) is 26.4 Å². The molecular formula is C13H15NO4S. The van der Waals surface area contributed by atoms with Crippen LogP contribution in [0.1, 0.15) is 12.8 Å². The Labute approximate surface area is 112 Å². The second-order valence-electron chi connectivity index (χ2n) is 4.60.